The molecule has 0 unspecified atom stereocenters. The number of allylic oxidation sites excluding steroid dienone is 1. The van der Waals surface area contributed by atoms with Crippen molar-refractivity contribution in [2.45, 2.75) is 69.2 Å². The number of thioether (sulfide) groups is 1. The van der Waals surface area contributed by atoms with Gasteiger partial charge < -0.3 is 9.47 Å². The van der Waals surface area contributed by atoms with Gasteiger partial charge in [0.25, 0.3) is 0 Å². The lowest BCUT2D eigenvalue weighted by Crippen LogP contribution is -2.61. The monoisotopic (exact) mass is 470 g/mol. The molecular weight excluding hydrogens is 440 g/mol. The third kappa shape index (κ3) is 4.24. The first-order valence-electron chi connectivity index (χ1n) is 11.6. The largest absolute Gasteiger partial charge is 0.332 e. The van der Waals surface area contributed by atoms with Gasteiger partial charge in [-0.05, 0) is 80.9 Å². The van der Waals surface area contributed by atoms with Crippen LogP contribution in [0.3, 0.4) is 0 Å². The highest BCUT2D eigenvalue weighted by molar-refractivity contribution is 7.99. The van der Waals surface area contributed by atoms with E-state index >= 15 is 0 Å². The van der Waals surface area contributed by atoms with Crippen molar-refractivity contribution < 1.29 is 4.79 Å². The fourth-order valence-corrected chi connectivity index (χ4v) is 7.70. The van der Waals surface area contributed by atoms with E-state index in [1.165, 1.54) is 31.0 Å². The number of aromatic nitrogens is 3. The van der Waals surface area contributed by atoms with Crippen LogP contribution in [0.4, 0.5) is 0 Å². The number of amides is 1. The van der Waals surface area contributed by atoms with Crippen LogP contribution in [0, 0.1) is 24.7 Å². The van der Waals surface area contributed by atoms with Gasteiger partial charge in [-0.1, -0.05) is 41.6 Å². The minimum atomic E-state index is 0.0106. The zero-order valence-electron chi connectivity index (χ0n) is 18.7. The normalized spacial score (nSPS) is 28.1. The van der Waals surface area contributed by atoms with Crippen molar-refractivity contribution in [3.63, 3.8) is 0 Å². The summed E-state index contributed by atoms with van der Waals surface area (Å²) in [4.78, 5) is 16.0. The second-order valence-electron chi connectivity index (χ2n) is 9.97. The van der Waals surface area contributed by atoms with E-state index in [2.05, 4.69) is 33.8 Å². The molecule has 0 spiro atoms. The molecule has 0 aliphatic heterocycles. The zero-order chi connectivity index (χ0) is 22.3. The summed E-state index contributed by atoms with van der Waals surface area (Å²) in [6, 6.07) is 7.96. The van der Waals surface area contributed by atoms with Crippen molar-refractivity contribution in [1.82, 2.24) is 19.7 Å². The molecule has 0 N–H and O–H groups in total. The Morgan fingerprint density at radius 2 is 1.81 bits per heavy atom. The molecule has 1 aromatic carbocycles. The summed E-state index contributed by atoms with van der Waals surface area (Å²) in [5.74, 6) is 3.79. The standard InChI is InChI=1S/C25H31ClN4OS/c1-3-8-29-17(2)27-28-24(29)32-16-23(31)30(15-18-4-6-22(26)7-5-18)25-12-19-9-20(13-25)11-21(10-19)14-25/h3-7,19-21H,1,8-16H2,2H3. The smallest absolute Gasteiger partial charge is 0.233 e. The van der Waals surface area contributed by atoms with Gasteiger partial charge in [0.15, 0.2) is 5.16 Å². The molecule has 1 aromatic heterocycles. The van der Waals surface area contributed by atoms with Gasteiger partial charge in [0.2, 0.25) is 5.91 Å². The lowest BCUT2D eigenvalue weighted by Gasteiger charge is -2.60. The summed E-state index contributed by atoms with van der Waals surface area (Å²) >= 11 is 7.61. The highest BCUT2D eigenvalue weighted by Gasteiger charge is 2.54. The maximum absolute atomic E-state index is 13.8. The molecule has 4 aliphatic rings. The fraction of sp³-hybridized carbons (Fsp3) is 0.560. The number of carbonyl (C=O) groups excluding carboxylic acids is 1. The van der Waals surface area contributed by atoms with Crippen LogP contribution in [-0.2, 0) is 17.9 Å². The average Bonchev–Trinajstić information content (AvgIpc) is 3.10. The molecule has 4 fully saturated rings. The van der Waals surface area contributed by atoms with Crippen LogP contribution in [0.1, 0.15) is 49.9 Å². The SMILES string of the molecule is C=CCn1c(C)nnc1SCC(=O)N(Cc1ccc(Cl)cc1)C12CC3CC(CC(C3)C1)C2. The topological polar surface area (TPSA) is 51.0 Å². The predicted octanol–water partition coefficient (Wildman–Crippen LogP) is 5.52. The van der Waals surface area contributed by atoms with E-state index in [1.807, 2.05) is 29.7 Å². The van der Waals surface area contributed by atoms with Crippen molar-refractivity contribution in [2.24, 2.45) is 17.8 Å². The molecule has 32 heavy (non-hydrogen) atoms. The maximum atomic E-state index is 13.8. The summed E-state index contributed by atoms with van der Waals surface area (Å²) in [5.41, 5.74) is 1.16. The quantitative estimate of drug-likeness (QED) is 0.376. The van der Waals surface area contributed by atoms with Crippen LogP contribution >= 0.6 is 23.4 Å². The summed E-state index contributed by atoms with van der Waals surface area (Å²) in [6.07, 6.45) is 9.41. The summed E-state index contributed by atoms with van der Waals surface area (Å²) in [7, 11) is 0. The second-order valence-corrected chi connectivity index (χ2v) is 11.3. The maximum Gasteiger partial charge on any atom is 0.233 e. The molecule has 1 heterocycles. The zero-order valence-corrected chi connectivity index (χ0v) is 20.2. The van der Waals surface area contributed by atoms with Crippen LogP contribution < -0.4 is 0 Å². The molecule has 7 heteroatoms. The molecule has 6 rings (SSSR count). The van der Waals surface area contributed by atoms with E-state index in [9.17, 15) is 4.79 Å². The number of aryl methyl sites for hydroxylation is 1. The lowest BCUT2D eigenvalue weighted by molar-refractivity contribution is -0.149. The highest BCUT2D eigenvalue weighted by atomic mass is 35.5. The number of halogens is 1. The van der Waals surface area contributed by atoms with Crippen LogP contribution in [0.15, 0.2) is 42.1 Å². The lowest BCUT2D eigenvalue weighted by atomic mass is 9.52. The summed E-state index contributed by atoms with van der Waals surface area (Å²) in [6.45, 7) is 7.07. The van der Waals surface area contributed by atoms with E-state index in [0.717, 1.165) is 58.6 Å². The second kappa shape index (κ2) is 8.86. The molecule has 5 nitrogen and oxygen atoms in total. The number of rotatable bonds is 8. The van der Waals surface area contributed by atoms with Crippen LogP contribution in [-0.4, -0.2) is 36.9 Å². The summed E-state index contributed by atoms with van der Waals surface area (Å²) < 4.78 is 2.01. The molecule has 0 atom stereocenters. The Morgan fingerprint density at radius 3 is 2.41 bits per heavy atom. The third-order valence-corrected chi connectivity index (χ3v) is 8.88. The first-order valence-corrected chi connectivity index (χ1v) is 13.0. The molecule has 4 aliphatic carbocycles. The molecule has 170 valence electrons. The van der Waals surface area contributed by atoms with E-state index < -0.39 is 0 Å². The molecule has 4 saturated carbocycles. The van der Waals surface area contributed by atoms with E-state index in [1.54, 1.807) is 0 Å². The van der Waals surface area contributed by atoms with Crippen molar-refractivity contribution in [2.75, 3.05) is 5.75 Å². The van der Waals surface area contributed by atoms with Gasteiger partial charge in [0.05, 0.1) is 5.75 Å². The van der Waals surface area contributed by atoms with Crippen molar-refractivity contribution >= 4 is 29.3 Å². The van der Waals surface area contributed by atoms with E-state index in [4.69, 9.17) is 11.6 Å². The molecule has 2 aromatic rings. The molecule has 1 amide bonds. The van der Waals surface area contributed by atoms with Crippen molar-refractivity contribution in [1.29, 1.82) is 0 Å². The van der Waals surface area contributed by atoms with Crippen molar-refractivity contribution in [3.05, 3.63) is 53.3 Å². The number of hydrogen-bond donors (Lipinski definition) is 0. The average molecular weight is 471 g/mol. The number of benzene rings is 1. The molecule has 0 radical (unpaired) electrons. The van der Waals surface area contributed by atoms with E-state index in [-0.39, 0.29) is 11.4 Å². The fourth-order valence-electron chi connectivity index (χ4n) is 6.70. The highest BCUT2D eigenvalue weighted by Crippen LogP contribution is 2.58. The van der Waals surface area contributed by atoms with Gasteiger partial charge in [-0.25, -0.2) is 0 Å². The minimum Gasteiger partial charge on any atom is -0.332 e. The number of hydrogen-bond acceptors (Lipinski definition) is 4. The van der Waals surface area contributed by atoms with Crippen LogP contribution in [0.5, 0.6) is 0 Å². The first kappa shape index (κ1) is 22.0. The Labute approximate surface area is 199 Å². The van der Waals surface area contributed by atoms with Gasteiger partial charge in [-0.15, -0.1) is 16.8 Å². The minimum absolute atomic E-state index is 0.0106. The third-order valence-electron chi connectivity index (χ3n) is 7.67. The Morgan fingerprint density at radius 1 is 1.19 bits per heavy atom. The Kier molecular flexibility index (Phi) is 6.10. The van der Waals surface area contributed by atoms with Gasteiger partial charge in [0, 0.05) is 23.7 Å². The predicted molar refractivity (Wildman–Crippen MR) is 129 cm³/mol. The number of nitrogens with zero attached hydrogens (tertiary/aromatic N) is 4. The number of carbonyl (C=O) groups is 1. The Hall–Kier alpha value is -1.79. The van der Waals surface area contributed by atoms with Gasteiger partial charge in [0.1, 0.15) is 5.82 Å². The van der Waals surface area contributed by atoms with Crippen LogP contribution in [0.25, 0.3) is 0 Å². The first-order chi connectivity index (χ1) is 15.5. The van der Waals surface area contributed by atoms with Crippen molar-refractivity contribution in [3.8, 4) is 0 Å². The van der Waals surface area contributed by atoms with E-state index in [0.29, 0.717) is 18.8 Å². The van der Waals surface area contributed by atoms with Gasteiger partial charge >= 0.3 is 0 Å². The van der Waals surface area contributed by atoms with Gasteiger partial charge in [-0.2, -0.15) is 0 Å². The summed E-state index contributed by atoms with van der Waals surface area (Å²) in [5, 5.41) is 10.0. The van der Waals surface area contributed by atoms with Gasteiger partial charge in [-0.3, -0.25) is 4.79 Å². The molecule has 0 saturated heterocycles. The van der Waals surface area contributed by atoms with Crippen LogP contribution in [0.2, 0.25) is 5.02 Å². The molecular formula is C25H31ClN4OS. The molecule has 4 bridgehead atoms. The Bertz CT molecular complexity index is 967. The Balaban J connectivity index is 1.39.